The number of ether oxygens (including phenoxy) is 2. The third-order valence-corrected chi connectivity index (χ3v) is 4.27. The van der Waals surface area contributed by atoms with Crippen LogP contribution in [0.2, 0.25) is 0 Å². The highest BCUT2D eigenvalue weighted by molar-refractivity contribution is 5.72. The minimum atomic E-state index is -0.0292. The predicted octanol–water partition coefficient (Wildman–Crippen LogP) is 3.61. The zero-order chi connectivity index (χ0) is 15.1. The monoisotopic (exact) mass is 291 g/mol. The fourth-order valence-corrected chi connectivity index (χ4v) is 3.16. The summed E-state index contributed by atoms with van der Waals surface area (Å²) in [6.45, 7) is 4.40. The Hall–Kier alpha value is -1.58. The normalized spacial score (nSPS) is 23.3. The number of hydrogen-bond acceptors (Lipinski definition) is 4. The Morgan fingerprint density at radius 3 is 2.48 bits per heavy atom. The summed E-state index contributed by atoms with van der Waals surface area (Å²) in [5.74, 6) is 1.34. The number of nitrogens with zero attached hydrogens (tertiary/aromatic N) is 1. The van der Waals surface area contributed by atoms with Gasteiger partial charge in [0.2, 0.25) is 0 Å². The lowest BCUT2D eigenvalue weighted by Crippen LogP contribution is -2.32. The van der Waals surface area contributed by atoms with Crippen LogP contribution in [-0.2, 0) is 9.53 Å². The highest BCUT2D eigenvalue weighted by Gasteiger charge is 2.32. The van der Waals surface area contributed by atoms with Crippen LogP contribution in [0.5, 0.6) is 5.75 Å². The maximum atomic E-state index is 12.0. The quantitative estimate of drug-likeness (QED) is 0.751. The van der Waals surface area contributed by atoms with Gasteiger partial charge in [-0.05, 0) is 57.1 Å². The number of esters is 1. The van der Waals surface area contributed by atoms with E-state index in [4.69, 9.17) is 9.47 Å². The Bertz CT molecular complexity index is 427. The molecular formula is C17H25NO3. The molecular weight excluding hydrogens is 266 g/mol. The molecule has 4 heteroatoms. The predicted molar refractivity (Wildman–Crippen MR) is 81.0 cm³/mol. The molecule has 116 valence electrons. The fourth-order valence-electron chi connectivity index (χ4n) is 3.16. The third-order valence-electron chi connectivity index (χ3n) is 4.27. The molecule has 0 spiro atoms. The number of hydrogen-bond donors (Lipinski definition) is 0. The van der Waals surface area contributed by atoms with E-state index in [1.165, 1.54) is 0 Å². The van der Waals surface area contributed by atoms with Gasteiger partial charge in [-0.2, -0.15) is 0 Å². The molecule has 1 atom stereocenters. The summed E-state index contributed by atoms with van der Waals surface area (Å²) in [5.41, 5.74) is 0. The topological polar surface area (TPSA) is 48.4 Å². The first-order chi connectivity index (χ1) is 10.2. The van der Waals surface area contributed by atoms with E-state index >= 15 is 0 Å². The van der Waals surface area contributed by atoms with Crippen molar-refractivity contribution in [3.63, 3.8) is 0 Å². The average molecular weight is 291 g/mol. The van der Waals surface area contributed by atoms with Gasteiger partial charge in [0.1, 0.15) is 5.75 Å². The van der Waals surface area contributed by atoms with Crippen LogP contribution in [0.4, 0.5) is 0 Å². The zero-order valence-corrected chi connectivity index (χ0v) is 13.0. The Morgan fingerprint density at radius 2 is 1.90 bits per heavy atom. The van der Waals surface area contributed by atoms with Gasteiger partial charge in [0.05, 0.1) is 18.6 Å². The van der Waals surface area contributed by atoms with E-state index in [9.17, 15) is 4.79 Å². The highest BCUT2D eigenvalue weighted by atomic mass is 16.5. The smallest absolute Gasteiger partial charge is 0.309 e. The molecule has 0 amide bonds. The number of rotatable bonds is 6. The number of carbonyl (C=O) groups is 1. The first-order valence-corrected chi connectivity index (χ1v) is 7.97. The second-order valence-electron chi connectivity index (χ2n) is 5.60. The maximum absolute atomic E-state index is 12.0. The fraction of sp³-hybridized carbons (Fsp3) is 0.647. The van der Waals surface area contributed by atoms with Gasteiger partial charge in [-0.15, -0.1) is 0 Å². The largest absolute Gasteiger partial charge is 0.490 e. The summed E-state index contributed by atoms with van der Waals surface area (Å²) in [5, 5.41) is 0. The van der Waals surface area contributed by atoms with Gasteiger partial charge < -0.3 is 9.47 Å². The lowest BCUT2D eigenvalue weighted by Gasteiger charge is -2.32. The van der Waals surface area contributed by atoms with Gasteiger partial charge >= 0.3 is 5.97 Å². The summed E-state index contributed by atoms with van der Waals surface area (Å²) < 4.78 is 11.2. The minimum Gasteiger partial charge on any atom is -0.490 e. The van der Waals surface area contributed by atoms with Crippen LogP contribution in [0.15, 0.2) is 24.5 Å². The standard InChI is InChI=1S/C17H25NO3/c1-3-16(17(19)20-4-2)13-5-7-14(8-6-13)21-15-9-11-18-12-10-15/h9-14,16H,3-8H2,1-2H3/t13-,14+,16?. The Kier molecular flexibility index (Phi) is 6.03. The van der Waals surface area contributed by atoms with E-state index < -0.39 is 0 Å². The molecule has 1 aliphatic rings. The van der Waals surface area contributed by atoms with Crippen LogP contribution in [0, 0.1) is 11.8 Å². The van der Waals surface area contributed by atoms with E-state index in [1.807, 2.05) is 19.1 Å². The summed E-state index contributed by atoms with van der Waals surface area (Å²) in [7, 11) is 0. The molecule has 2 rings (SSSR count). The molecule has 1 aliphatic carbocycles. The van der Waals surface area contributed by atoms with E-state index in [0.717, 1.165) is 37.9 Å². The molecule has 21 heavy (non-hydrogen) atoms. The van der Waals surface area contributed by atoms with Crippen LogP contribution in [-0.4, -0.2) is 23.7 Å². The van der Waals surface area contributed by atoms with Crippen molar-refractivity contribution in [1.82, 2.24) is 4.98 Å². The molecule has 0 bridgehead atoms. The van der Waals surface area contributed by atoms with E-state index in [1.54, 1.807) is 12.4 Å². The molecule has 1 unspecified atom stereocenters. The summed E-state index contributed by atoms with van der Waals surface area (Å²) in [6, 6.07) is 3.78. The Morgan fingerprint density at radius 1 is 1.24 bits per heavy atom. The Labute approximate surface area is 126 Å². The lowest BCUT2D eigenvalue weighted by atomic mass is 9.78. The van der Waals surface area contributed by atoms with Gasteiger partial charge in [0, 0.05) is 12.4 Å². The number of aromatic nitrogens is 1. The van der Waals surface area contributed by atoms with Crippen molar-refractivity contribution < 1.29 is 14.3 Å². The van der Waals surface area contributed by atoms with Gasteiger partial charge in [-0.1, -0.05) is 6.92 Å². The van der Waals surface area contributed by atoms with E-state index in [0.29, 0.717) is 12.5 Å². The van der Waals surface area contributed by atoms with Crippen LogP contribution in [0.3, 0.4) is 0 Å². The summed E-state index contributed by atoms with van der Waals surface area (Å²) in [6.07, 6.45) is 8.68. The number of carbonyl (C=O) groups excluding carboxylic acids is 1. The Balaban J connectivity index is 1.83. The van der Waals surface area contributed by atoms with Crippen LogP contribution in [0.25, 0.3) is 0 Å². The average Bonchev–Trinajstić information content (AvgIpc) is 2.51. The van der Waals surface area contributed by atoms with Crippen LogP contribution >= 0.6 is 0 Å². The molecule has 0 saturated heterocycles. The highest BCUT2D eigenvalue weighted by Crippen LogP contribution is 2.34. The van der Waals surface area contributed by atoms with Crippen molar-refractivity contribution in [3.8, 4) is 5.75 Å². The second kappa shape index (κ2) is 8.01. The molecule has 0 N–H and O–H groups in total. The molecule has 1 aromatic heterocycles. The van der Waals surface area contributed by atoms with Crippen molar-refractivity contribution in [2.75, 3.05) is 6.61 Å². The summed E-state index contributed by atoms with van der Waals surface area (Å²) >= 11 is 0. The maximum Gasteiger partial charge on any atom is 0.309 e. The first kappa shape index (κ1) is 15.8. The minimum absolute atomic E-state index is 0.0292. The van der Waals surface area contributed by atoms with Gasteiger partial charge in [0.15, 0.2) is 0 Å². The lowest BCUT2D eigenvalue weighted by molar-refractivity contribution is -0.151. The molecule has 0 aliphatic heterocycles. The SMILES string of the molecule is CCOC(=O)C(CC)[C@H]1CC[C@@H](Oc2ccncc2)CC1. The van der Waals surface area contributed by atoms with Gasteiger partial charge in [-0.3, -0.25) is 9.78 Å². The van der Waals surface area contributed by atoms with E-state index in [2.05, 4.69) is 11.9 Å². The van der Waals surface area contributed by atoms with Gasteiger partial charge in [0.25, 0.3) is 0 Å². The molecule has 0 aromatic carbocycles. The molecule has 0 radical (unpaired) electrons. The number of pyridine rings is 1. The molecule has 4 nitrogen and oxygen atoms in total. The van der Waals surface area contributed by atoms with Crippen molar-refractivity contribution in [2.45, 2.75) is 52.1 Å². The molecule has 1 aromatic rings. The van der Waals surface area contributed by atoms with Gasteiger partial charge in [-0.25, -0.2) is 0 Å². The first-order valence-electron chi connectivity index (χ1n) is 7.97. The van der Waals surface area contributed by atoms with Crippen molar-refractivity contribution in [1.29, 1.82) is 0 Å². The second-order valence-corrected chi connectivity index (χ2v) is 5.60. The summed E-state index contributed by atoms with van der Waals surface area (Å²) in [4.78, 5) is 16.0. The molecule has 1 saturated carbocycles. The molecule has 1 fully saturated rings. The van der Waals surface area contributed by atoms with Crippen molar-refractivity contribution in [3.05, 3.63) is 24.5 Å². The third kappa shape index (κ3) is 4.45. The van der Waals surface area contributed by atoms with Crippen LogP contribution < -0.4 is 4.74 Å². The van der Waals surface area contributed by atoms with Crippen molar-refractivity contribution >= 4 is 5.97 Å². The van der Waals surface area contributed by atoms with Crippen molar-refractivity contribution in [2.24, 2.45) is 11.8 Å². The van der Waals surface area contributed by atoms with E-state index in [-0.39, 0.29) is 18.0 Å². The van der Waals surface area contributed by atoms with Crippen LogP contribution in [0.1, 0.15) is 46.0 Å². The zero-order valence-electron chi connectivity index (χ0n) is 13.0. The molecule has 1 heterocycles.